The van der Waals surface area contributed by atoms with E-state index >= 15 is 0 Å². The maximum absolute atomic E-state index is 6.13. The summed E-state index contributed by atoms with van der Waals surface area (Å²) >= 11 is 0. The number of nitrogens with zero attached hydrogens (tertiary/aromatic N) is 2. The summed E-state index contributed by atoms with van der Waals surface area (Å²) in [5.74, 6) is 1.74. The van der Waals surface area contributed by atoms with Crippen LogP contribution in [0.25, 0.3) is 0 Å². The third-order valence-corrected chi connectivity index (χ3v) is 5.86. The third kappa shape index (κ3) is 10.5. The molecule has 2 N–H and O–H groups in total. The molecule has 1 aromatic carbocycles. The van der Waals surface area contributed by atoms with Crippen LogP contribution in [0.2, 0.25) is 0 Å². The average Bonchev–Trinajstić information content (AvgIpc) is 3.62. The highest BCUT2D eigenvalue weighted by Crippen LogP contribution is 2.28. The number of likely N-dealkylation sites (tertiary alicyclic amines) is 1. The number of guanidine groups is 1. The fourth-order valence-corrected chi connectivity index (χ4v) is 3.84. The lowest BCUT2D eigenvalue weighted by Crippen LogP contribution is -2.39. The van der Waals surface area contributed by atoms with Gasteiger partial charge >= 0.3 is 0 Å². The monoisotopic (exact) mass is 430 g/mol. The van der Waals surface area contributed by atoms with Gasteiger partial charge in [-0.1, -0.05) is 30.3 Å². The Hall–Kier alpha value is -1.63. The predicted octanol–water partition coefficient (Wildman–Crippen LogP) is 3.43. The first-order chi connectivity index (χ1) is 15.3. The standard InChI is InChI=1S/C25H42N4O2/c1-2-26-25(27-14-6-18-30-21-23-10-11-23)28-15-7-19-31-24-12-16-29(17-13-24)20-22-8-4-3-5-9-22/h3-5,8-9,23-24H,2,6-7,10-21H2,1H3,(H2,26,27,28). The van der Waals surface area contributed by atoms with Crippen LogP contribution in [0.4, 0.5) is 0 Å². The Morgan fingerprint density at radius 1 is 1.03 bits per heavy atom. The van der Waals surface area contributed by atoms with Crippen molar-refractivity contribution in [1.29, 1.82) is 0 Å². The molecule has 0 atom stereocenters. The lowest BCUT2D eigenvalue weighted by molar-refractivity contribution is 0.00534. The molecule has 31 heavy (non-hydrogen) atoms. The minimum absolute atomic E-state index is 0.407. The van der Waals surface area contributed by atoms with E-state index in [0.717, 1.165) is 96.6 Å². The van der Waals surface area contributed by atoms with Crippen molar-refractivity contribution in [3.05, 3.63) is 35.9 Å². The van der Waals surface area contributed by atoms with Crippen molar-refractivity contribution in [1.82, 2.24) is 15.5 Å². The highest BCUT2D eigenvalue weighted by molar-refractivity contribution is 5.79. The molecule has 1 aliphatic carbocycles. The molecule has 1 saturated carbocycles. The second kappa shape index (κ2) is 14.4. The Balaban J connectivity index is 1.19. The molecule has 2 aliphatic rings. The maximum atomic E-state index is 6.13. The van der Waals surface area contributed by atoms with Crippen LogP contribution in [0.3, 0.4) is 0 Å². The molecule has 0 unspecified atom stereocenters. The molecule has 0 amide bonds. The Bertz CT molecular complexity index is 613. The van der Waals surface area contributed by atoms with Gasteiger partial charge in [0.15, 0.2) is 5.96 Å². The number of aliphatic imine (C=N–C) groups is 1. The summed E-state index contributed by atoms with van der Waals surface area (Å²) in [4.78, 5) is 7.18. The van der Waals surface area contributed by atoms with Crippen molar-refractivity contribution in [2.24, 2.45) is 10.9 Å². The summed E-state index contributed by atoms with van der Waals surface area (Å²) in [6.07, 6.45) is 7.35. The Morgan fingerprint density at radius 3 is 2.58 bits per heavy atom. The molecule has 0 spiro atoms. The van der Waals surface area contributed by atoms with Crippen molar-refractivity contribution in [2.45, 2.75) is 58.1 Å². The SMILES string of the molecule is CCNC(=NCCCOCC1CC1)NCCCOC1CCN(Cc2ccccc2)CC1. The van der Waals surface area contributed by atoms with E-state index in [-0.39, 0.29) is 0 Å². The summed E-state index contributed by atoms with van der Waals surface area (Å²) in [6, 6.07) is 10.7. The van der Waals surface area contributed by atoms with Gasteiger partial charge in [0.25, 0.3) is 0 Å². The quantitative estimate of drug-likeness (QED) is 0.269. The van der Waals surface area contributed by atoms with E-state index in [4.69, 9.17) is 9.47 Å². The van der Waals surface area contributed by atoms with Gasteiger partial charge in [-0.15, -0.1) is 0 Å². The van der Waals surface area contributed by atoms with E-state index < -0.39 is 0 Å². The van der Waals surface area contributed by atoms with Gasteiger partial charge < -0.3 is 20.1 Å². The summed E-state index contributed by atoms with van der Waals surface area (Å²) < 4.78 is 11.8. The number of ether oxygens (including phenoxy) is 2. The van der Waals surface area contributed by atoms with E-state index in [2.05, 4.69) is 57.8 Å². The van der Waals surface area contributed by atoms with Crippen LogP contribution in [0.1, 0.15) is 51.0 Å². The molecular weight excluding hydrogens is 388 g/mol. The van der Waals surface area contributed by atoms with E-state index in [1.54, 1.807) is 0 Å². The molecule has 1 aliphatic heterocycles. The molecule has 6 heteroatoms. The number of rotatable bonds is 14. The number of hydrogen-bond acceptors (Lipinski definition) is 4. The van der Waals surface area contributed by atoms with Gasteiger partial charge in [-0.05, 0) is 56.9 Å². The van der Waals surface area contributed by atoms with E-state index in [1.807, 2.05) is 0 Å². The van der Waals surface area contributed by atoms with Crippen LogP contribution in [-0.2, 0) is 16.0 Å². The summed E-state index contributed by atoms with van der Waals surface area (Å²) in [5, 5.41) is 6.74. The van der Waals surface area contributed by atoms with Crippen LogP contribution in [-0.4, -0.2) is 69.5 Å². The Labute approximate surface area is 188 Å². The molecule has 1 saturated heterocycles. The van der Waals surface area contributed by atoms with Gasteiger partial charge in [0.1, 0.15) is 0 Å². The van der Waals surface area contributed by atoms with Crippen LogP contribution in [0.5, 0.6) is 0 Å². The molecule has 3 rings (SSSR count). The molecular formula is C25H42N4O2. The van der Waals surface area contributed by atoms with Crippen LogP contribution >= 0.6 is 0 Å². The van der Waals surface area contributed by atoms with E-state index in [1.165, 1.54) is 18.4 Å². The maximum Gasteiger partial charge on any atom is 0.191 e. The fraction of sp³-hybridized carbons (Fsp3) is 0.720. The zero-order chi connectivity index (χ0) is 21.6. The topological polar surface area (TPSA) is 58.1 Å². The minimum Gasteiger partial charge on any atom is -0.381 e. The smallest absolute Gasteiger partial charge is 0.191 e. The number of nitrogens with one attached hydrogen (secondary N) is 2. The molecule has 2 fully saturated rings. The van der Waals surface area contributed by atoms with Crippen molar-refractivity contribution in [2.75, 3.05) is 52.5 Å². The van der Waals surface area contributed by atoms with Crippen molar-refractivity contribution in [3.63, 3.8) is 0 Å². The van der Waals surface area contributed by atoms with Gasteiger partial charge in [-0.25, -0.2) is 0 Å². The number of hydrogen-bond donors (Lipinski definition) is 2. The molecule has 174 valence electrons. The molecule has 6 nitrogen and oxygen atoms in total. The third-order valence-electron chi connectivity index (χ3n) is 5.86. The lowest BCUT2D eigenvalue weighted by Gasteiger charge is -2.32. The summed E-state index contributed by atoms with van der Waals surface area (Å²) in [5.41, 5.74) is 1.40. The molecule has 0 radical (unpaired) electrons. The van der Waals surface area contributed by atoms with Gasteiger partial charge in [0.05, 0.1) is 6.10 Å². The largest absolute Gasteiger partial charge is 0.381 e. The van der Waals surface area contributed by atoms with Gasteiger partial charge in [-0.2, -0.15) is 0 Å². The van der Waals surface area contributed by atoms with Crippen molar-refractivity contribution < 1.29 is 9.47 Å². The normalized spacial score (nSPS) is 18.3. The predicted molar refractivity (Wildman–Crippen MR) is 127 cm³/mol. The number of benzene rings is 1. The lowest BCUT2D eigenvalue weighted by atomic mass is 10.1. The van der Waals surface area contributed by atoms with Crippen molar-refractivity contribution in [3.8, 4) is 0 Å². The molecule has 0 aromatic heterocycles. The van der Waals surface area contributed by atoms with Gasteiger partial charge in [-0.3, -0.25) is 9.89 Å². The van der Waals surface area contributed by atoms with Crippen molar-refractivity contribution >= 4 is 5.96 Å². The highest BCUT2D eigenvalue weighted by atomic mass is 16.5. The Kier molecular flexibility index (Phi) is 11.2. The van der Waals surface area contributed by atoms with Crippen LogP contribution < -0.4 is 10.6 Å². The van der Waals surface area contributed by atoms with E-state index in [0.29, 0.717) is 6.10 Å². The van der Waals surface area contributed by atoms with Gasteiger partial charge in [0.2, 0.25) is 0 Å². The van der Waals surface area contributed by atoms with Crippen LogP contribution in [0, 0.1) is 5.92 Å². The first kappa shape index (κ1) is 24.0. The molecule has 1 heterocycles. The van der Waals surface area contributed by atoms with Crippen LogP contribution in [0.15, 0.2) is 35.3 Å². The number of piperidine rings is 1. The zero-order valence-corrected chi connectivity index (χ0v) is 19.4. The minimum atomic E-state index is 0.407. The molecule has 1 aromatic rings. The molecule has 0 bridgehead atoms. The zero-order valence-electron chi connectivity index (χ0n) is 19.4. The van der Waals surface area contributed by atoms with Gasteiger partial charge in [0, 0.05) is 59.1 Å². The highest BCUT2D eigenvalue weighted by Gasteiger charge is 2.21. The average molecular weight is 431 g/mol. The summed E-state index contributed by atoms with van der Waals surface area (Å²) in [6.45, 7) is 10.5. The Morgan fingerprint density at radius 2 is 1.84 bits per heavy atom. The summed E-state index contributed by atoms with van der Waals surface area (Å²) in [7, 11) is 0. The first-order valence-electron chi connectivity index (χ1n) is 12.3. The second-order valence-corrected chi connectivity index (χ2v) is 8.74. The first-order valence-corrected chi connectivity index (χ1v) is 12.3. The van der Waals surface area contributed by atoms with E-state index in [9.17, 15) is 0 Å². The fourth-order valence-electron chi connectivity index (χ4n) is 3.84. The second-order valence-electron chi connectivity index (χ2n) is 8.74.